The summed E-state index contributed by atoms with van der Waals surface area (Å²) < 4.78 is 16.8. The van der Waals surface area contributed by atoms with E-state index < -0.39 is 13.5 Å². The molecule has 5 nitrogen and oxygen atoms in total. The zero-order chi connectivity index (χ0) is 19.6. The third-order valence-electron chi connectivity index (χ3n) is 4.30. The van der Waals surface area contributed by atoms with Gasteiger partial charge in [-0.1, -0.05) is 19.9 Å². The molecule has 0 aliphatic heterocycles. The zero-order valence-corrected chi connectivity index (χ0v) is 16.7. The normalized spacial score (nSPS) is 14.9. The second-order valence-corrected chi connectivity index (χ2v) is 9.53. The molecule has 0 saturated carbocycles. The van der Waals surface area contributed by atoms with Crippen LogP contribution in [0.5, 0.6) is 11.5 Å². The summed E-state index contributed by atoms with van der Waals surface area (Å²) >= 11 is 0. The number of hydrogen-bond donors (Lipinski definition) is 3. The van der Waals surface area contributed by atoms with Crippen LogP contribution in [-0.4, -0.2) is 28.1 Å². The van der Waals surface area contributed by atoms with Crippen molar-refractivity contribution in [2.45, 2.75) is 39.7 Å². The van der Waals surface area contributed by atoms with E-state index in [2.05, 4.69) is 0 Å². The van der Waals surface area contributed by atoms with Gasteiger partial charge in [0.25, 0.3) is 0 Å². The molecule has 0 aliphatic carbocycles. The van der Waals surface area contributed by atoms with Gasteiger partial charge in [0.15, 0.2) is 6.35 Å². The van der Waals surface area contributed by atoms with Crippen molar-refractivity contribution in [1.29, 1.82) is 0 Å². The summed E-state index contributed by atoms with van der Waals surface area (Å²) in [7, 11) is -3.26. The SMILES string of the molecule is Cc1cc(OCP(C)(=O)O)cc(C)c1C(O)c1ccc(O)c(C(C)C)c1. The first-order chi connectivity index (χ1) is 12.0. The molecule has 26 heavy (non-hydrogen) atoms. The molecule has 0 aliphatic rings. The van der Waals surface area contributed by atoms with Gasteiger partial charge in [-0.05, 0) is 71.8 Å². The minimum absolute atomic E-state index is 0.142. The number of aliphatic hydroxyl groups excluding tert-OH is 1. The summed E-state index contributed by atoms with van der Waals surface area (Å²) in [5.74, 6) is 0.866. The summed E-state index contributed by atoms with van der Waals surface area (Å²) in [5, 5.41) is 20.9. The van der Waals surface area contributed by atoms with Gasteiger partial charge in [-0.3, -0.25) is 4.57 Å². The minimum Gasteiger partial charge on any atom is -0.508 e. The molecule has 2 atom stereocenters. The Morgan fingerprint density at radius 3 is 2.19 bits per heavy atom. The highest BCUT2D eigenvalue weighted by Crippen LogP contribution is 2.37. The molecule has 0 aromatic heterocycles. The average molecular weight is 378 g/mol. The highest BCUT2D eigenvalue weighted by molar-refractivity contribution is 7.56. The van der Waals surface area contributed by atoms with Crippen molar-refractivity contribution in [3.63, 3.8) is 0 Å². The van der Waals surface area contributed by atoms with E-state index in [0.29, 0.717) is 11.3 Å². The van der Waals surface area contributed by atoms with Crippen molar-refractivity contribution in [2.75, 3.05) is 13.0 Å². The minimum atomic E-state index is -3.26. The molecule has 0 spiro atoms. The van der Waals surface area contributed by atoms with E-state index >= 15 is 0 Å². The van der Waals surface area contributed by atoms with Crippen LogP contribution in [0.2, 0.25) is 0 Å². The van der Waals surface area contributed by atoms with Crippen molar-refractivity contribution in [3.8, 4) is 11.5 Å². The van der Waals surface area contributed by atoms with Gasteiger partial charge in [0, 0.05) is 6.66 Å². The topological polar surface area (TPSA) is 87.0 Å². The van der Waals surface area contributed by atoms with Gasteiger partial charge in [0.1, 0.15) is 17.6 Å². The number of ether oxygens (including phenoxy) is 1. The van der Waals surface area contributed by atoms with E-state index in [1.807, 2.05) is 33.8 Å². The molecule has 0 amide bonds. The summed E-state index contributed by atoms with van der Waals surface area (Å²) in [6.07, 6.45) is -1.08. The molecule has 0 radical (unpaired) electrons. The smallest absolute Gasteiger partial charge is 0.233 e. The van der Waals surface area contributed by atoms with Gasteiger partial charge in [-0.25, -0.2) is 0 Å². The van der Waals surface area contributed by atoms with Crippen LogP contribution in [0, 0.1) is 13.8 Å². The predicted molar refractivity (Wildman–Crippen MR) is 103 cm³/mol. The third-order valence-corrected chi connectivity index (χ3v) is 4.91. The lowest BCUT2D eigenvalue weighted by Gasteiger charge is -2.20. The number of aromatic hydroxyl groups is 1. The van der Waals surface area contributed by atoms with Crippen LogP contribution in [0.1, 0.15) is 53.7 Å². The van der Waals surface area contributed by atoms with Gasteiger partial charge in [0.05, 0.1) is 0 Å². The molecule has 2 rings (SSSR count). The zero-order valence-electron chi connectivity index (χ0n) is 15.9. The Labute approximate surface area is 154 Å². The number of phenols is 1. The van der Waals surface area contributed by atoms with Gasteiger partial charge >= 0.3 is 0 Å². The summed E-state index contributed by atoms with van der Waals surface area (Å²) in [4.78, 5) is 9.37. The summed E-state index contributed by atoms with van der Waals surface area (Å²) in [5.41, 5.74) is 3.92. The number of aliphatic hydroxyl groups is 1. The molecule has 6 heteroatoms. The fourth-order valence-corrected chi connectivity index (χ4v) is 3.40. The lowest BCUT2D eigenvalue weighted by Crippen LogP contribution is -2.07. The van der Waals surface area contributed by atoms with Crippen LogP contribution in [-0.2, 0) is 4.57 Å². The van der Waals surface area contributed by atoms with Gasteiger partial charge in [0.2, 0.25) is 7.37 Å². The first kappa shape index (κ1) is 20.5. The van der Waals surface area contributed by atoms with E-state index in [-0.39, 0.29) is 18.0 Å². The summed E-state index contributed by atoms with van der Waals surface area (Å²) in [6.45, 7) is 8.96. The van der Waals surface area contributed by atoms with E-state index in [4.69, 9.17) is 4.74 Å². The van der Waals surface area contributed by atoms with Crippen LogP contribution in [0.4, 0.5) is 0 Å². The van der Waals surface area contributed by atoms with Crippen LogP contribution >= 0.6 is 7.37 Å². The molecule has 0 saturated heterocycles. The fourth-order valence-electron chi connectivity index (χ4n) is 3.02. The van der Waals surface area contributed by atoms with E-state index in [1.165, 1.54) is 6.66 Å². The van der Waals surface area contributed by atoms with E-state index in [9.17, 15) is 19.7 Å². The van der Waals surface area contributed by atoms with Crippen LogP contribution < -0.4 is 4.74 Å². The van der Waals surface area contributed by atoms with Gasteiger partial charge in [-0.2, -0.15) is 0 Å². The van der Waals surface area contributed by atoms with E-state index in [0.717, 1.165) is 22.3 Å². The van der Waals surface area contributed by atoms with Gasteiger partial charge < -0.3 is 19.8 Å². The Balaban J connectivity index is 2.36. The van der Waals surface area contributed by atoms with Crippen LogP contribution in [0.25, 0.3) is 0 Å². The van der Waals surface area contributed by atoms with Crippen molar-refractivity contribution < 1.29 is 24.4 Å². The third kappa shape index (κ3) is 4.88. The molecule has 0 fully saturated rings. The molecule has 3 N–H and O–H groups in total. The van der Waals surface area contributed by atoms with E-state index in [1.54, 1.807) is 24.3 Å². The van der Waals surface area contributed by atoms with Crippen molar-refractivity contribution in [1.82, 2.24) is 0 Å². The number of aryl methyl sites for hydroxylation is 2. The van der Waals surface area contributed by atoms with Crippen LogP contribution in [0.3, 0.4) is 0 Å². The maximum absolute atomic E-state index is 11.4. The second-order valence-electron chi connectivity index (χ2n) is 7.17. The lowest BCUT2D eigenvalue weighted by atomic mass is 9.90. The Bertz CT molecular complexity index is 815. The maximum atomic E-state index is 11.4. The van der Waals surface area contributed by atoms with Crippen molar-refractivity contribution >= 4 is 7.37 Å². The fraction of sp³-hybridized carbons (Fsp3) is 0.400. The maximum Gasteiger partial charge on any atom is 0.233 e. The second kappa shape index (κ2) is 7.83. The number of benzene rings is 2. The average Bonchev–Trinajstić information content (AvgIpc) is 2.51. The monoisotopic (exact) mass is 378 g/mol. The Kier molecular flexibility index (Phi) is 6.17. The lowest BCUT2D eigenvalue weighted by molar-refractivity contribution is 0.218. The molecule has 0 heterocycles. The molecule has 142 valence electrons. The Morgan fingerprint density at radius 2 is 1.69 bits per heavy atom. The first-order valence-electron chi connectivity index (χ1n) is 8.53. The molecule has 2 aromatic rings. The van der Waals surface area contributed by atoms with Gasteiger partial charge in [-0.15, -0.1) is 0 Å². The number of rotatable bonds is 6. The first-order valence-corrected chi connectivity index (χ1v) is 10.8. The van der Waals surface area contributed by atoms with Crippen molar-refractivity contribution in [2.24, 2.45) is 0 Å². The Hall–Kier alpha value is -1.81. The number of hydrogen-bond acceptors (Lipinski definition) is 4. The standard InChI is InChI=1S/C20H27O5P/c1-12(2)17-10-15(6-7-18(17)21)20(22)19-13(3)8-16(9-14(19)4)25-11-26(5,23)24/h6-10,12,20-22H,11H2,1-5H3,(H,23,24). The number of phenolic OH excluding ortho intramolecular Hbond substituents is 1. The molecular weight excluding hydrogens is 351 g/mol. The van der Waals surface area contributed by atoms with Crippen LogP contribution in [0.15, 0.2) is 30.3 Å². The van der Waals surface area contributed by atoms with Crippen molar-refractivity contribution in [3.05, 3.63) is 58.1 Å². The molecule has 2 unspecified atom stereocenters. The Morgan fingerprint density at radius 1 is 1.12 bits per heavy atom. The predicted octanol–water partition coefficient (Wildman–Crippen LogP) is 4.45. The summed E-state index contributed by atoms with van der Waals surface area (Å²) in [6, 6.07) is 8.66. The quantitative estimate of drug-likeness (QED) is 0.647. The largest absolute Gasteiger partial charge is 0.508 e. The molecule has 2 aromatic carbocycles. The highest BCUT2D eigenvalue weighted by atomic mass is 31.2. The molecule has 0 bridgehead atoms. The molecular formula is C20H27O5P. The highest BCUT2D eigenvalue weighted by Gasteiger charge is 2.19.